The van der Waals surface area contributed by atoms with Gasteiger partial charge < -0.3 is 10.6 Å². The quantitative estimate of drug-likeness (QED) is 0.865. The summed E-state index contributed by atoms with van der Waals surface area (Å²) in [7, 11) is 0. The van der Waals surface area contributed by atoms with Crippen molar-refractivity contribution in [2.75, 3.05) is 17.2 Å². The van der Waals surface area contributed by atoms with Crippen molar-refractivity contribution in [1.82, 2.24) is 9.97 Å². The molecular formula is C15H17BrN4O. The summed E-state index contributed by atoms with van der Waals surface area (Å²) in [6.07, 6.45) is 5.99. The Morgan fingerprint density at radius 2 is 2.10 bits per heavy atom. The Labute approximate surface area is 132 Å². The summed E-state index contributed by atoms with van der Waals surface area (Å²) in [5.41, 5.74) is 2.16. The molecule has 110 valence electrons. The molecule has 0 atom stereocenters. The number of aromatic nitrogens is 2. The van der Waals surface area contributed by atoms with Crippen LogP contribution in [0, 0.1) is 6.92 Å². The molecule has 0 saturated heterocycles. The number of carbonyl (C=O) groups excluding carboxylic acids is 1. The molecule has 1 amide bonds. The van der Waals surface area contributed by atoms with Crippen LogP contribution in [0.1, 0.15) is 29.3 Å². The number of amides is 1. The largest absolute Gasteiger partial charge is 0.369 e. The second-order valence-electron chi connectivity index (χ2n) is 4.68. The van der Waals surface area contributed by atoms with Crippen molar-refractivity contribution in [3.8, 4) is 0 Å². The van der Waals surface area contributed by atoms with Crippen LogP contribution in [0.3, 0.4) is 0 Å². The number of carbonyl (C=O) groups is 1. The molecule has 5 nitrogen and oxygen atoms in total. The fraction of sp³-hybridized carbons (Fsp3) is 0.267. The average molecular weight is 349 g/mol. The zero-order chi connectivity index (χ0) is 15.2. The third-order valence-electron chi connectivity index (χ3n) is 2.77. The molecule has 2 N–H and O–H groups in total. The van der Waals surface area contributed by atoms with Crippen LogP contribution in [-0.4, -0.2) is 22.4 Å². The standard InChI is InChI=1S/C15H17BrN4O/c1-3-4-18-14-13(6-11(16)8-19-14)15(21)20-12-5-10(2)7-17-9-12/h5-9H,3-4H2,1-2H3,(H,18,19)(H,20,21). The Morgan fingerprint density at radius 1 is 1.29 bits per heavy atom. The first-order valence-electron chi connectivity index (χ1n) is 6.72. The Bertz CT molecular complexity index is 645. The molecule has 0 aliphatic rings. The highest BCUT2D eigenvalue weighted by Crippen LogP contribution is 2.20. The number of anilines is 2. The summed E-state index contributed by atoms with van der Waals surface area (Å²) in [4.78, 5) is 20.7. The molecule has 6 heteroatoms. The van der Waals surface area contributed by atoms with Crippen molar-refractivity contribution in [1.29, 1.82) is 0 Å². The van der Waals surface area contributed by atoms with E-state index in [0.29, 0.717) is 17.1 Å². The van der Waals surface area contributed by atoms with E-state index < -0.39 is 0 Å². The molecule has 0 aromatic carbocycles. The number of hydrogen-bond donors (Lipinski definition) is 2. The molecule has 0 aliphatic carbocycles. The van der Waals surface area contributed by atoms with Gasteiger partial charge in [-0.05, 0) is 47.0 Å². The fourth-order valence-corrected chi connectivity index (χ4v) is 2.15. The van der Waals surface area contributed by atoms with Crippen LogP contribution in [-0.2, 0) is 0 Å². The minimum absolute atomic E-state index is 0.213. The molecule has 0 radical (unpaired) electrons. The van der Waals surface area contributed by atoms with Gasteiger partial charge in [0.15, 0.2) is 0 Å². The summed E-state index contributed by atoms with van der Waals surface area (Å²) < 4.78 is 0.761. The second kappa shape index (κ2) is 7.17. The SMILES string of the molecule is CCCNc1ncc(Br)cc1C(=O)Nc1cncc(C)c1. The van der Waals surface area contributed by atoms with Gasteiger partial charge in [0.1, 0.15) is 5.82 Å². The van der Waals surface area contributed by atoms with E-state index in [1.807, 2.05) is 13.0 Å². The van der Waals surface area contributed by atoms with Gasteiger partial charge in [-0.25, -0.2) is 4.98 Å². The maximum absolute atomic E-state index is 12.4. The molecule has 0 aliphatic heterocycles. The van der Waals surface area contributed by atoms with E-state index >= 15 is 0 Å². The lowest BCUT2D eigenvalue weighted by atomic mass is 10.2. The molecule has 0 saturated carbocycles. The van der Waals surface area contributed by atoms with Crippen molar-refractivity contribution in [2.24, 2.45) is 0 Å². The van der Waals surface area contributed by atoms with Crippen LogP contribution in [0.2, 0.25) is 0 Å². The second-order valence-corrected chi connectivity index (χ2v) is 5.60. The number of pyridine rings is 2. The lowest BCUT2D eigenvalue weighted by Crippen LogP contribution is -2.16. The molecular weight excluding hydrogens is 332 g/mol. The van der Waals surface area contributed by atoms with Crippen molar-refractivity contribution < 1.29 is 4.79 Å². The summed E-state index contributed by atoms with van der Waals surface area (Å²) in [5.74, 6) is 0.368. The van der Waals surface area contributed by atoms with E-state index in [9.17, 15) is 4.79 Å². The van der Waals surface area contributed by atoms with Gasteiger partial charge in [0.05, 0.1) is 17.4 Å². The van der Waals surface area contributed by atoms with Crippen molar-refractivity contribution in [2.45, 2.75) is 20.3 Å². The van der Waals surface area contributed by atoms with E-state index in [-0.39, 0.29) is 5.91 Å². The molecule has 0 spiro atoms. The van der Waals surface area contributed by atoms with E-state index in [1.54, 1.807) is 24.7 Å². The number of nitrogens with one attached hydrogen (secondary N) is 2. The molecule has 0 unspecified atom stereocenters. The average Bonchev–Trinajstić information content (AvgIpc) is 2.46. The Hall–Kier alpha value is -1.95. The summed E-state index contributed by atoms with van der Waals surface area (Å²) in [6.45, 7) is 4.75. The third-order valence-corrected chi connectivity index (χ3v) is 3.21. The van der Waals surface area contributed by atoms with Gasteiger partial charge in [0.2, 0.25) is 0 Å². The molecule has 2 aromatic rings. The maximum atomic E-state index is 12.4. The molecule has 21 heavy (non-hydrogen) atoms. The maximum Gasteiger partial charge on any atom is 0.259 e. The van der Waals surface area contributed by atoms with Crippen LogP contribution < -0.4 is 10.6 Å². The highest BCUT2D eigenvalue weighted by atomic mass is 79.9. The smallest absolute Gasteiger partial charge is 0.259 e. The molecule has 2 aromatic heterocycles. The Kier molecular flexibility index (Phi) is 5.27. The Morgan fingerprint density at radius 3 is 2.81 bits per heavy atom. The summed E-state index contributed by atoms with van der Waals surface area (Å²) in [5, 5.41) is 6.00. The van der Waals surface area contributed by atoms with Gasteiger partial charge in [-0.2, -0.15) is 0 Å². The van der Waals surface area contributed by atoms with Gasteiger partial charge in [-0.1, -0.05) is 6.92 Å². The zero-order valence-corrected chi connectivity index (χ0v) is 13.6. The zero-order valence-electron chi connectivity index (χ0n) is 12.0. The monoisotopic (exact) mass is 348 g/mol. The van der Waals surface area contributed by atoms with E-state index in [1.165, 1.54) is 0 Å². The number of nitrogens with zero attached hydrogens (tertiary/aromatic N) is 2. The van der Waals surface area contributed by atoms with Crippen LogP contribution in [0.25, 0.3) is 0 Å². The van der Waals surface area contributed by atoms with Gasteiger partial charge in [0, 0.05) is 23.4 Å². The first-order chi connectivity index (χ1) is 10.1. The summed E-state index contributed by atoms with van der Waals surface area (Å²) >= 11 is 3.35. The van der Waals surface area contributed by atoms with Gasteiger partial charge in [-0.3, -0.25) is 9.78 Å². The predicted molar refractivity (Wildman–Crippen MR) is 87.6 cm³/mol. The number of hydrogen-bond acceptors (Lipinski definition) is 4. The molecule has 0 fully saturated rings. The first-order valence-corrected chi connectivity index (χ1v) is 7.52. The van der Waals surface area contributed by atoms with E-state index in [2.05, 4.69) is 43.5 Å². The van der Waals surface area contributed by atoms with Crippen molar-refractivity contribution in [3.63, 3.8) is 0 Å². The Balaban J connectivity index is 2.23. The van der Waals surface area contributed by atoms with Gasteiger partial charge in [-0.15, -0.1) is 0 Å². The van der Waals surface area contributed by atoms with Crippen LogP contribution in [0.15, 0.2) is 35.2 Å². The first kappa shape index (κ1) is 15.4. The van der Waals surface area contributed by atoms with E-state index in [4.69, 9.17) is 0 Å². The molecule has 0 bridgehead atoms. The van der Waals surface area contributed by atoms with Crippen LogP contribution >= 0.6 is 15.9 Å². The lowest BCUT2D eigenvalue weighted by Gasteiger charge is -2.11. The van der Waals surface area contributed by atoms with Crippen LogP contribution in [0.4, 0.5) is 11.5 Å². The topological polar surface area (TPSA) is 66.9 Å². The minimum Gasteiger partial charge on any atom is -0.369 e. The number of aryl methyl sites for hydroxylation is 1. The fourth-order valence-electron chi connectivity index (χ4n) is 1.82. The number of halogens is 1. The van der Waals surface area contributed by atoms with Crippen LogP contribution in [0.5, 0.6) is 0 Å². The normalized spacial score (nSPS) is 10.2. The van der Waals surface area contributed by atoms with Crippen molar-refractivity contribution >= 4 is 33.3 Å². The number of rotatable bonds is 5. The summed E-state index contributed by atoms with van der Waals surface area (Å²) in [6, 6.07) is 3.62. The minimum atomic E-state index is -0.213. The highest BCUT2D eigenvalue weighted by molar-refractivity contribution is 9.10. The predicted octanol–water partition coefficient (Wildman–Crippen LogP) is 3.62. The lowest BCUT2D eigenvalue weighted by molar-refractivity contribution is 0.102. The molecule has 2 heterocycles. The third kappa shape index (κ3) is 4.26. The van der Waals surface area contributed by atoms with E-state index in [0.717, 1.165) is 23.0 Å². The highest BCUT2D eigenvalue weighted by Gasteiger charge is 2.13. The molecule has 2 rings (SSSR count). The van der Waals surface area contributed by atoms with Crippen molar-refractivity contribution in [3.05, 3.63) is 46.3 Å². The van der Waals surface area contributed by atoms with Gasteiger partial charge in [0.25, 0.3) is 5.91 Å². The van der Waals surface area contributed by atoms with Gasteiger partial charge >= 0.3 is 0 Å².